The van der Waals surface area contributed by atoms with Gasteiger partial charge in [-0.05, 0) is 19.1 Å². The fourth-order valence-electron chi connectivity index (χ4n) is 1.66. The van der Waals surface area contributed by atoms with Crippen molar-refractivity contribution in [2.75, 3.05) is 6.61 Å². The van der Waals surface area contributed by atoms with Crippen molar-refractivity contribution in [3.63, 3.8) is 0 Å². The lowest BCUT2D eigenvalue weighted by atomic mass is 10.1. The van der Waals surface area contributed by atoms with Crippen LogP contribution in [-0.4, -0.2) is 21.7 Å². The number of aromatic amines is 1. The van der Waals surface area contributed by atoms with Crippen LogP contribution in [0.1, 0.15) is 11.5 Å². The number of aliphatic hydroxyl groups is 1. The molecular weight excluding hydrogens is 268 g/mol. The van der Waals surface area contributed by atoms with Gasteiger partial charge in [0.05, 0.1) is 12.3 Å². The SMILES string of the molecule is Cc1[nH]c(CCO)nc1-c1cccc(Br)c1. The van der Waals surface area contributed by atoms with Crippen LogP contribution in [0, 0.1) is 6.92 Å². The Balaban J connectivity index is 2.40. The molecule has 0 atom stereocenters. The van der Waals surface area contributed by atoms with Crippen LogP contribution in [0.4, 0.5) is 0 Å². The zero-order valence-electron chi connectivity index (χ0n) is 9.00. The minimum absolute atomic E-state index is 0.116. The highest BCUT2D eigenvalue weighted by molar-refractivity contribution is 9.10. The number of aromatic nitrogens is 2. The Hall–Kier alpha value is -1.13. The third-order valence-electron chi connectivity index (χ3n) is 2.38. The monoisotopic (exact) mass is 280 g/mol. The fourth-order valence-corrected chi connectivity index (χ4v) is 2.06. The molecule has 0 fully saturated rings. The molecule has 2 N–H and O–H groups in total. The summed E-state index contributed by atoms with van der Waals surface area (Å²) in [7, 11) is 0. The van der Waals surface area contributed by atoms with Gasteiger partial charge in [-0.2, -0.15) is 0 Å². The second-order valence-corrected chi connectivity index (χ2v) is 4.56. The molecule has 84 valence electrons. The average molecular weight is 281 g/mol. The van der Waals surface area contributed by atoms with Crippen LogP contribution in [0.2, 0.25) is 0 Å². The Morgan fingerprint density at radius 1 is 1.44 bits per heavy atom. The highest BCUT2D eigenvalue weighted by atomic mass is 79.9. The van der Waals surface area contributed by atoms with E-state index >= 15 is 0 Å². The highest BCUT2D eigenvalue weighted by Gasteiger charge is 2.08. The number of hydrogen-bond donors (Lipinski definition) is 2. The second kappa shape index (κ2) is 4.80. The fraction of sp³-hybridized carbons (Fsp3) is 0.250. The first-order valence-electron chi connectivity index (χ1n) is 5.13. The maximum Gasteiger partial charge on any atom is 0.109 e. The molecule has 16 heavy (non-hydrogen) atoms. The predicted molar refractivity (Wildman–Crippen MR) is 67.3 cm³/mol. The van der Waals surface area contributed by atoms with Gasteiger partial charge in [0, 0.05) is 22.2 Å². The maximum atomic E-state index is 8.87. The highest BCUT2D eigenvalue weighted by Crippen LogP contribution is 2.24. The standard InChI is InChI=1S/C12H13BrN2O/c1-8-12(15-11(14-8)5-6-16)9-3-2-4-10(13)7-9/h2-4,7,16H,5-6H2,1H3,(H,14,15). The molecule has 0 aliphatic carbocycles. The smallest absolute Gasteiger partial charge is 0.109 e. The summed E-state index contributed by atoms with van der Waals surface area (Å²) in [6.45, 7) is 2.11. The predicted octanol–water partition coefficient (Wildman–Crippen LogP) is 2.68. The van der Waals surface area contributed by atoms with Gasteiger partial charge in [0.1, 0.15) is 5.82 Å². The lowest BCUT2D eigenvalue weighted by Gasteiger charge is -1.98. The van der Waals surface area contributed by atoms with Gasteiger partial charge in [-0.1, -0.05) is 28.1 Å². The Labute approximate surface area is 103 Å². The first-order valence-corrected chi connectivity index (χ1v) is 5.92. The minimum atomic E-state index is 0.116. The summed E-state index contributed by atoms with van der Waals surface area (Å²) >= 11 is 3.44. The van der Waals surface area contributed by atoms with Gasteiger partial charge in [-0.3, -0.25) is 0 Å². The van der Waals surface area contributed by atoms with E-state index in [2.05, 4.69) is 25.9 Å². The summed E-state index contributed by atoms with van der Waals surface area (Å²) in [4.78, 5) is 7.65. The van der Waals surface area contributed by atoms with Gasteiger partial charge < -0.3 is 10.1 Å². The third-order valence-corrected chi connectivity index (χ3v) is 2.87. The Morgan fingerprint density at radius 3 is 2.94 bits per heavy atom. The number of imidazole rings is 1. The molecule has 2 aromatic rings. The molecule has 4 heteroatoms. The molecule has 3 nitrogen and oxygen atoms in total. The van der Waals surface area contributed by atoms with Crippen LogP contribution in [-0.2, 0) is 6.42 Å². The molecule has 0 unspecified atom stereocenters. The zero-order chi connectivity index (χ0) is 11.5. The van der Waals surface area contributed by atoms with Gasteiger partial charge in [-0.25, -0.2) is 4.98 Å². The molecule has 0 spiro atoms. The summed E-state index contributed by atoms with van der Waals surface area (Å²) in [5.74, 6) is 0.829. The first-order chi connectivity index (χ1) is 7.70. The van der Waals surface area contributed by atoms with Crippen molar-refractivity contribution in [1.82, 2.24) is 9.97 Å². The molecule has 0 amide bonds. The van der Waals surface area contributed by atoms with E-state index in [1.165, 1.54) is 0 Å². The molecule has 1 heterocycles. The van der Waals surface area contributed by atoms with E-state index < -0.39 is 0 Å². The Morgan fingerprint density at radius 2 is 2.25 bits per heavy atom. The quantitative estimate of drug-likeness (QED) is 0.908. The topological polar surface area (TPSA) is 48.9 Å². The van der Waals surface area contributed by atoms with Crippen molar-refractivity contribution in [1.29, 1.82) is 0 Å². The van der Waals surface area contributed by atoms with Crippen molar-refractivity contribution in [2.24, 2.45) is 0 Å². The number of aliphatic hydroxyl groups excluding tert-OH is 1. The summed E-state index contributed by atoms with van der Waals surface area (Å²) in [5.41, 5.74) is 3.05. The number of halogens is 1. The number of benzene rings is 1. The number of rotatable bonds is 3. The molecule has 0 aliphatic heterocycles. The third kappa shape index (κ3) is 2.33. The van der Waals surface area contributed by atoms with Gasteiger partial charge in [0.25, 0.3) is 0 Å². The van der Waals surface area contributed by atoms with E-state index in [1.54, 1.807) is 0 Å². The zero-order valence-corrected chi connectivity index (χ0v) is 10.6. The van der Waals surface area contributed by atoms with Gasteiger partial charge >= 0.3 is 0 Å². The van der Waals surface area contributed by atoms with Crippen LogP contribution in [0.15, 0.2) is 28.7 Å². The summed E-state index contributed by atoms with van der Waals surface area (Å²) in [5, 5.41) is 8.87. The molecular formula is C12H13BrN2O. The van der Waals surface area contributed by atoms with Crippen LogP contribution < -0.4 is 0 Å². The van der Waals surface area contributed by atoms with Gasteiger partial charge in [0.15, 0.2) is 0 Å². The van der Waals surface area contributed by atoms with E-state index in [-0.39, 0.29) is 6.61 Å². The van der Waals surface area contributed by atoms with Crippen LogP contribution in [0.3, 0.4) is 0 Å². The summed E-state index contributed by atoms with van der Waals surface area (Å²) in [6.07, 6.45) is 0.564. The summed E-state index contributed by atoms with van der Waals surface area (Å²) in [6, 6.07) is 8.03. The van der Waals surface area contributed by atoms with Gasteiger partial charge in [-0.15, -0.1) is 0 Å². The average Bonchev–Trinajstić information content (AvgIpc) is 2.60. The van der Waals surface area contributed by atoms with Crippen molar-refractivity contribution in [2.45, 2.75) is 13.3 Å². The molecule has 0 saturated carbocycles. The molecule has 0 bridgehead atoms. The van der Waals surface area contributed by atoms with Crippen molar-refractivity contribution in [3.8, 4) is 11.3 Å². The minimum Gasteiger partial charge on any atom is -0.396 e. The summed E-state index contributed by atoms with van der Waals surface area (Å²) < 4.78 is 1.04. The van der Waals surface area contributed by atoms with E-state index in [9.17, 15) is 0 Å². The van der Waals surface area contributed by atoms with Crippen LogP contribution in [0.25, 0.3) is 11.3 Å². The maximum absolute atomic E-state index is 8.87. The largest absolute Gasteiger partial charge is 0.396 e. The number of H-pyrrole nitrogens is 1. The van der Waals surface area contributed by atoms with E-state index in [0.29, 0.717) is 6.42 Å². The van der Waals surface area contributed by atoms with Crippen molar-refractivity contribution in [3.05, 3.63) is 40.3 Å². The van der Waals surface area contributed by atoms with Crippen molar-refractivity contribution >= 4 is 15.9 Å². The van der Waals surface area contributed by atoms with Crippen LogP contribution >= 0.6 is 15.9 Å². The van der Waals surface area contributed by atoms with Crippen LogP contribution in [0.5, 0.6) is 0 Å². The number of aryl methyl sites for hydroxylation is 1. The number of nitrogens with zero attached hydrogens (tertiary/aromatic N) is 1. The Bertz CT molecular complexity index is 494. The molecule has 0 aliphatic rings. The first kappa shape index (κ1) is 11.4. The van der Waals surface area contributed by atoms with E-state index in [4.69, 9.17) is 5.11 Å². The van der Waals surface area contributed by atoms with E-state index in [1.807, 2.05) is 31.2 Å². The lowest BCUT2D eigenvalue weighted by molar-refractivity contribution is 0.297. The lowest BCUT2D eigenvalue weighted by Crippen LogP contribution is -1.92. The van der Waals surface area contributed by atoms with Gasteiger partial charge in [0.2, 0.25) is 0 Å². The molecule has 0 radical (unpaired) electrons. The van der Waals surface area contributed by atoms with Crippen molar-refractivity contribution < 1.29 is 5.11 Å². The molecule has 0 saturated heterocycles. The molecule has 2 rings (SSSR count). The van der Waals surface area contributed by atoms with E-state index in [0.717, 1.165) is 27.2 Å². The normalized spacial score (nSPS) is 10.7. The molecule has 1 aromatic carbocycles. The molecule has 1 aromatic heterocycles. The second-order valence-electron chi connectivity index (χ2n) is 3.64. The number of nitrogens with one attached hydrogen (secondary N) is 1. The number of hydrogen-bond acceptors (Lipinski definition) is 2. The Kier molecular flexibility index (Phi) is 3.41.